The van der Waals surface area contributed by atoms with Gasteiger partial charge >= 0.3 is 5.97 Å². The van der Waals surface area contributed by atoms with Crippen molar-refractivity contribution in [3.8, 4) is 11.3 Å². The van der Waals surface area contributed by atoms with Crippen LogP contribution in [0.2, 0.25) is 0 Å². The molecule has 2 amide bonds. The van der Waals surface area contributed by atoms with E-state index in [4.69, 9.17) is 9.72 Å². The summed E-state index contributed by atoms with van der Waals surface area (Å²) in [6, 6.07) is 15.9. The molecule has 0 bridgehead atoms. The van der Waals surface area contributed by atoms with Crippen molar-refractivity contribution < 1.29 is 23.9 Å². The van der Waals surface area contributed by atoms with Crippen LogP contribution in [0.4, 0.5) is 5.69 Å². The molecule has 37 heavy (non-hydrogen) atoms. The Balaban J connectivity index is 1.50. The molecular formula is C30H28N2O5. The van der Waals surface area contributed by atoms with Crippen LogP contribution in [0.1, 0.15) is 44.0 Å². The number of imide groups is 1. The lowest BCUT2D eigenvalue weighted by molar-refractivity contribution is -0.129. The van der Waals surface area contributed by atoms with Crippen LogP contribution in [0.15, 0.2) is 66.7 Å². The lowest BCUT2D eigenvalue weighted by Crippen LogP contribution is -2.30. The van der Waals surface area contributed by atoms with Gasteiger partial charge in [0.2, 0.25) is 11.8 Å². The molecule has 3 aromatic rings. The first-order valence-corrected chi connectivity index (χ1v) is 12.4. The number of Topliss-reactive ketones (excluding diaryl/α,β-unsaturated/α-hetero) is 1. The van der Waals surface area contributed by atoms with E-state index >= 15 is 0 Å². The molecule has 188 valence electrons. The molecular weight excluding hydrogens is 468 g/mol. The second-order valence-electron chi connectivity index (χ2n) is 10.5. The molecule has 1 aromatic heterocycles. The number of amides is 2. The van der Waals surface area contributed by atoms with Gasteiger partial charge in [-0.2, -0.15) is 0 Å². The summed E-state index contributed by atoms with van der Waals surface area (Å²) < 4.78 is 5.38. The highest BCUT2D eigenvalue weighted by Gasteiger charge is 2.47. The van der Waals surface area contributed by atoms with Gasteiger partial charge in [-0.05, 0) is 37.1 Å². The van der Waals surface area contributed by atoms with Crippen molar-refractivity contribution in [3.63, 3.8) is 0 Å². The van der Waals surface area contributed by atoms with Gasteiger partial charge in [-0.1, -0.05) is 63.3 Å². The first kappa shape index (κ1) is 24.6. The predicted molar refractivity (Wildman–Crippen MR) is 140 cm³/mol. The molecule has 2 aliphatic rings. The Bertz CT molecular complexity index is 1440. The average Bonchev–Trinajstić information content (AvgIpc) is 3.15. The molecule has 0 unspecified atom stereocenters. The molecule has 1 saturated heterocycles. The maximum Gasteiger partial charge on any atom is 0.339 e. The summed E-state index contributed by atoms with van der Waals surface area (Å²) in [6.45, 7) is 5.01. The number of nitrogens with zero attached hydrogens (tertiary/aromatic N) is 2. The standard InChI is InChI=1S/C30H28N2O5/c1-30(2,3)26(33)17-37-29(36)23-16-25(31-24-14-7-6-11-20(23)24)18-9-8-10-19(15-18)32-27(34)21-12-4-5-13-22(21)28(32)35/h4-11,14-16,21-22H,12-13,17H2,1-3H3/t21-,22-/m1/s1. The smallest absolute Gasteiger partial charge is 0.339 e. The van der Waals surface area contributed by atoms with E-state index in [9.17, 15) is 19.2 Å². The van der Waals surface area contributed by atoms with Crippen LogP contribution in [0.5, 0.6) is 0 Å². The number of ketones is 1. The lowest BCUT2D eigenvalue weighted by atomic mass is 9.85. The number of benzene rings is 2. The minimum Gasteiger partial charge on any atom is -0.454 e. The van der Waals surface area contributed by atoms with Crippen molar-refractivity contribution in [3.05, 3.63) is 72.3 Å². The number of esters is 1. The van der Waals surface area contributed by atoms with Crippen LogP contribution in [-0.2, 0) is 19.1 Å². The number of pyridine rings is 1. The van der Waals surface area contributed by atoms with Crippen LogP contribution in [-0.4, -0.2) is 35.2 Å². The molecule has 1 aliphatic carbocycles. The number of hydrogen-bond acceptors (Lipinski definition) is 6. The third-order valence-corrected chi connectivity index (χ3v) is 7.01. The van der Waals surface area contributed by atoms with E-state index in [2.05, 4.69) is 0 Å². The third kappa shape index (κ3) is 4.57. The zero-order valence-electron chi connectivity index (χ0n) is 21.1. The van der Waals surface area contributed by atoms with Gasteiger partial charge in [-0.25, -0.2) is 9.78 Å². The summed E-state index contributed by atoms with van der Waals surface area (Å²) in [5.74, 6) is -1.81. The highest BCUT2D eigenvalue weighted by molar-refractivity contribution is 6.22. The SMILES string of the molecule is CC(C)(C)C(=O)COC(=O)c1cc(-c2cccc(N3C(=O)[C@@H]4CC=CC[C@H]4C3=O)c2)nc2ccccc12. The fourth-order valence-corrected chi connectivity index (χ4v) is 4.78. The molecule has 2 aromatic carbocycles. The second-order valence-corrected chi connectivity index (χ2v) is 10.5. The number of allylic oxidation sites excluding steroid dienone is 2. The highest BCUT2D eigenvalue weighted by Crippen LogP contribution is 2.38. The Morgan fingerprint density at radius 3 is 2.30 bits per heavy atom. The monoisotopic (exact) mass is 496 g/mol. The topological polar surface area (TPSA) is 93.6 Å². The fourth-order valence-electron chi connectivity index (χ4n) is 4.78. The lowest BCUT2D eigenvalue weighted by Gasteiger charge is -2.17. The van der Waals surface area contributed by atoms with Crippen LogP contribution >= 0.6 is 0 Å². The number of aromatic nitrogens is 1. The molecule has 0 N–H and O–H groups in total. The van der Waals surface area contributed by atoms with Crippen molar-refractivity contribution >= 4 is 40.2 Å². The quantitative estimate of drug-likeness (QED) is 0.276. The molecule has 2 heterocycles. The van der Waals surface area contributed by atoms with E-state index < -0.39 is 11.4 Å². The number of hydrogen-bond donors (Lipinski definition) is 0. The van der Waals surface area contributed by atoms with Gasteiger partial charge in [-0.3, -0.25) is 19.3 Å². The summed E-state index contributed by atoms with van der Waals surface area (Å²) in [5, 5.41) is 0.608. The summed E-state index contributed by atoms with van der Waals surface area (Å²) in [6.07, 6.45) is 5.06. The van der Waals surface area contributed by atoms with Gasteiger partial charge in [0.05, 0.1) is 34.3 Å². The Morgan fingerprint density at radius 2 is 1.62 bits per heavy atom. The predicted octanol–water partition coefficient (Wildman–Crippen LogP) is 5.13. The number of rotatable bonds is 5. The Kier molecular flexibility index (Phi) is 6.23. The van der Waals surface area contributed by atoms with Gasteiger partial charge in [-0.15, -0.1) is 0 Å². The van der Waals surface area contributed by atoms with Crippen LogP contribution in [0.25, 0.3) is 22.2 Å². The number of anilines is 1. The zero-order chi connectivity index (χ0) is 26.3. The van der Waals surface area contributed by atoms with E-state index in [1.165, 1.54) is 4.90 Å². The zero-order valence-corrected chi connectivity index (χ0v) is 21.1. The molecule has 5 rings (SSSR count). The normalized spacial score (nSPS) is 19.3. The number of carbonyl (C=O) groups is 4. The maximum atomic E-state index is 13.1. The Hall–Kier alpha value is -4.13. The summed E-state index contributed by atoms with van der Waals surface area (Å²) >= 11 is 0. The molecule has 7 nitrogen and oxygen atoms in total. The van der Waals surface area contributed by atoms with Gasteiger partial charge in [0.1, 0.15) is 0 Å². The molecule has 1 aliphatic heterocycles. The molecule has 2 atom stereocenters. The van der Waals surface area contributed by atoms with E-state index in [-0.39, 0.29) is 41.6 Å². The van der Waals surface area contributed by atoms with E-state index in [0.29, 0.717) is 40.7 Å². The van der Waals surface area contributed by atoms with E-state index in [1.807, 2.05) is 24.3 Å². The van der Waals surface area contributed by atoms with Gasteiger partial charge in [0.25, 0.3) is 0 Å². The largest absolute Gasteiger partial charge is 0.454 e. The van der Waals surface area contributed by atoms with Crippen molar-refractivity contribution in [2.45, 2.75) is 33.6 Å². The number of carbonyl (C=O) groups excluding carboxylic acids is 4. The third-order valence-electron chi connectivity index (χ3n) is 7.01. The van der Waals surface area contributed by atoms with Crippen molar-refractivity contribution in [1.29, 1.82) is 0 Å². The Labute approximate surface area is 215 Å². The fraction of sp³-hybridized carbons (Fsp3) is 0.300. The molecule has 0 saturated carbocycles. The minimum absolute atomic E-state index is 0.178. The molecule has 7 heteroatoms. The average molecular weight is 497 g/mol. The van der Waals surface area contributed by atoms with Gasteiger partial charge in [0.15, 0.2) is 12.4 Å². The molecule has 0 spiro atoms. The van der Waals surface area contributed by atoms with Gasteiger partial charge in [0, 0.05) is 16.4 Å². The van der Waals surface area contributed by atoms with Crippen LogP contribution < -0.4 is 4.90 Å². The molecule has 1 fully saturated rings. The minimum atomic E-state index is -0.621. The van der Waals surface area contributed by atoms with E-state index in [1.54, 1.807) is 63.2 Å². The first-order chi connectivity index (χ1) is 17.6. The van der Waals surface area contributed by atoms with Crippen molar-refractivity contribution in [2.24, 2.45) is 17.3 Å². The van der Waals surface area contributed by atoms with Crippen LogP contribution in [0.3, 0.4) is 0 Å². The second kappa shape index (κ2) is 9.39. The van der Waals surface area contributed by atoms with Crippen LogP contribution in [0, 0.1) is 17.3 Å². The first-order valence-electron chi connectivity index (χ1n) is 12.4. The summed E-state index contributed by atoms with van der Waals surface area (Å²) in [5.41, 5.74) is 1.88. The van der Waals surface area contributed by atoms with Crippen molar-refractivity contribution in [2.75, 3.05) is 11.5 Å². The number of para-hydroxylation sites is 1. The Morgan fingerprint density at radius 1 is 0.946 bits per heavy atom. The highest BCUT2D eigenvalue weighted by atomic mass is 16.5. The van der Waals surface area contributed by atoms with E-state index in [0.717, 1.165) is 0 Å². The summed E-state index contributed by atoms with van der Waals surface area (Å²) in [4.78, 5) is 57.6. The maximum absolute atomic E-state index is 13.1. The molecule has 0 radical (unpaired) electrons. The number of ether oxygens (including phenoxy) is 1. The van der Waals surface area contributed by atoms with Gasteiger partial charge < -0.3 is 4.74 Å². The number of fused-ring (bicyclic) bond motifs is 2. The van der Waals surface area contributed by atoms with Crippen molar-refractivity contribution in [1.82, 2.24) is 4.98 Å². The summed E-state index contributed by atoms with van der Waals surface area (Å²) in [7, 11) is 0.